The number of aromatic nitrogens is 3. The lowest BCUT2D eigenvalue weighted by Crippen LogP contribution is -2.36. The fraction of sp³-hybridized carbons (Fsp3) is 0.208. The minimum atomic E-state index is -0.107. The van der Waals surface area contributed by atoms with Crippen LogP contribution in [0, 0.1) is 0 Å². The summed E-state index contributed by atoms with van der Waals surface area (Å²) in [6, 6.07) is 19.7. The van der Waals surface area contributed by atoms with Crippen LogP contribution in [0.5, 0.6) is 0 Å². The Kier molecular flexibility index (Phi) is 5.43. The third kappa shape index (κ3) is 4.00. The zero-order valence-electron chi connectivity index (χ0n) is 17.8. The summed E-state index contributed by atoms with van der Waals surface area (Å²) in [5.41, 5.74) is 5.49. The molecular formula is C24H24N6O2. The topological polar surface area (TPSA) is 83.8 Å². The molecule has 0 atom stereocenters. The smallest absolute Gasteiger partial charge is 0.251 e. The fourth-order valence-electron chi connectivity index (χ4n) is 3.85. The lowest BCUT2D eigenvalue weighted by Gasteiger charge is -2.29. The van der Waals surface area contributed by atoms with Crippen LogP contribution >= 0.6 is 0 Å². The molecule has 8 heteroatoms. The van der Waals surface area contributed by atoms with Crippen molar-refractivity contribution < 1.29 is 9.53 Å². The lowest BCUT2D eigenvalue weighted by molar-refractivity contribution is 0.0963. The number of carbonyl (C=O) groups is 1. The Morgan fingerprint density at radius 2 is 1.84 bits per heavy atom. The number of morpholine rings is 1. The van der Waals surface area contributed by atoms with Gasteiger partial charge in [-0.25, -0.2) is 9.50 Å². The molecule has 2 N–H and O–H groups in total. The van der Waals surface area contributed by atoms with Gasteiger partial charge in [-0.1, -0.05) is 18.2 Å². The molecule has 1 aliphatic rings. The molecule has 1 saturated heterocycles. The Morgan fingerprint density at radius 3 is 2.62 bits per heavy atom. The minimum absolute atomic E-state index is 0.107. The lowest BCUT2D eigenvalue weighted by atomic mass is 10.1. The van der Waals surface area contributed by atoms with E-state index in [2.05, 4.69) is 32.7 Å². The number of ether oxygens (including phenoxy) is 1. The summed E-state index contributed by atoms with van der Waals surface area (Å²) >= 11 is 0. The second-order valence-electron chi connectivity index (χ2n) is 7.57. The maximum absolute atomic E-state index is 11.8. The highest BCUT2D eigenvalue weighted by Gasteiger charge is 2.13. The maximum Gasteiger partial charge on any atom is 0.251 e. The molecule has 32 heavy (non-hydrogen) atoms. The van der Waals surface area contributed by atoms with E-state index in [1.807, 2.05) is 53.0 Å². The minimum Gasteiger partial charge on any atom is -0.378 e. The SMILES string of the molecule is CNC(=O)c1ccc(-c2ccc3cnc(Nc4cccc(N5CCOCC5)c4)nn23)cc1. The number of hydrogen-bond acceptors (Lipinski definition) is 6. The number of benzene rings is 2. The van der Waals surface area contributed by atoms with Gasteiger partial charge >= 0.3 is 0 Å². The molecular weight excluding hydrogens is 404 g/mol. The van der Waals surface area contributed by atoms with Crippen LogP contribution in [0.1, 0.15) is 10.4 Å². The van der Waals surface area contributed by atoms with Gasteiger partial charge < -0.3 is 20.3 Å². The number of carbonyl (C=O) groups excluding carboxylic acids is 1. The molecule has 0 radical (unpaired) electrons. The van der Waals surface area contributed by atoms with Crippen molar-refractivity contribution in [2.75, 3.05) is 43.6 Å². The van der Waals surface area contributed by atoms with Crippen LogP contribution in [0.2, 0.25) is 0 Å². The zero-order chi connectivity index (χ0) is 21.9. The summed E-state index contributed by atoms with van der Waals surface area (Å²) in [6.45, 7) is 3.27. The van der Waals surface area contributed by atoms with Gasteiger partial charge in [0.05, 0.1) is 30.6 Å². The van der Waals surface area contributed by atoms with E-state index in [1.165, 1.54) is 0 Å². The van der Waals surface area contributed by atoms with Crippen LogP contribution in [0.3, 0.4) is 0 Å². The van der Waals surface area contributed by atoms with Crippen LogP contribution in [0.4, 0.5) is 17.3 Å². The van der Waals surface area contributed by atoms with E-state index in [4.69, 9.17) is 9.84 Å². The van der Waals surface area contributed by atoms with Crippen molar-refractivity contribution in [1.29, 1.82) is 0 Å². The van der Waals surface area contributed by atoms with Gasteiger partial charge in [-0.15, -0.1) is 5.10 Å². The summed E-state index contributed by atoms with van der Waals surface area (Å²) in [7, 11) is 1.62. The molecule has 0 aliphatic carbocycles. The number of amides is 1. The van der Waals surface area contributed by atoms with Crippen molar-refractivity contribution in [2.24, 2.45) is 0 Å². The average molecular weight is 428 g/mol. The van der Waals surface area contributed by atoms with Crippen LogP contribution in [-0.4, -0.2) is 53.9 Å². The molecule has 1 fully saturated rings. The van der Waals surface area contributed by atoms with Crippen molar-refractivity contribution in [3.8, 4) is 11.3 Å². The van der Waals surface area contributed by atoms with Gasteiger partial charge in [-0.3, -0.25) is 4.79 Å². The van der Waals surface area contributed by atoms with Gasteiger partial charge in [-0.05, 0) is 42.5 Å². The largest absolute Gasteiger partial charge is 0.378 e. The molecule has 0 spiro atoms. The van der Waals surface area contributed by atoms with Gasteiger partial charge in [0.15, 0.2) is 0 Å². The first-order chi connectivity index (χ1) is 15.7. The Balaban J connectivity index is 1.41. The molecule has 0 unspecified atom stereocenters. The normalized spacial score (nSPS) is 13.8. The molecule has 0 bridgehead atoms. The number of anilines is 3. The second-order valence-corrected chi connectivity index (χ2v) is 7.57. The average Bonchev–Trinajstić information content (AvgIpc) is 3.28. The summed E-state index contributed by atoms with van der Waals surface area (Å²) in [5.74, 6) is 0.403. The fourth-order valence-corrected chi connectivity index (χ4v) is 3.85. The first-order valence-corrected chi connectivity index (χ1v) is 10.6. The number of fused-ring (bicyclic) bond motifs is 1. The standard InChI is InChI=1S/C24H24N6O2/c1-25-23(31)18-7-5-17(6-8-18)22-10-9-21-16-26-24(28-30(21)22)27-19-3-2-4-20(15-19)29-11-13-32-14-12-29/h2-10,15-16H,11-14H2,1H3,(H,25,31)(H,27,28). The number of nitrogens with one attached hydrogen (secondary N) is 2. The summed E-state index contributed by atoms with van der Waals surface area (Å²) in [6.07, 6.45) is 1.80. The predicted octanol–water partition coefficient (Wildman–Crippen LogP) is 3.34. The molecule has 2 aromatic carbocycles. The van der Waals surface area contributed by atoms with Crippen LogP contribution < -0.4 is 15.5 Å². The number of nitrogens with zero attached hydrogens (tertiary/aromatic N) is 4. The molecule has 5 rings (SSSR count). The first kappa shape index (κ1) is 20.0. The second kappa shape index (κ2) is 8.68. The molecule has 2 aromatic heterocycles. The molecule has 1 aliphatic heterocycles. The van der Waals surface area contributed by atoms with E-state index in [0.717, 1.165) is 54.5 Å². The van der Waals surface area contributed by atoms with E-state index < -0.39 is 0 Å². The van der Waals surface area contributed by atoms with Crippen molar-refractivity contribution in [1.82, 2.24) is 19.9 Å². The van der Waals surface area contributed by atoms with Gasteiger partial charge in [0, 0.05) is 42.6 Å². The van der Waals surface area contributed by atoms with E-state index in [9.17, 15) is 4.79 Å². The van der Waals surface area contributed by atoms with Gasteiger partial charge in [0.25, 0.3) is 5.91 Å². The molecule has 8 nitrogen and oxygen atoms in total. The number of rotatable bonds is 5. The van der Waals surface area contributed by atoms with Crippen LogP contribution in [-0.2, 0) is 4.74 Å². The zero-order valence-corrected chi connectivity index (χ0v) is 17.8. The van der Waals surface area contributed by atoms with Crippen LogP contribution in [0.15, 0.2) is 66.9 Å². The number of hydrogen-bond donors (Lipinski definition) is 2. The molecule has 162 valence electrons. The highest BCUT2D eigenvalue weighted by molar-refractivity contribution is 5.94. The van der Waals surface area contributed by atoms with Crippen molar-refractivity contribution in [2.45, 2.75) is 0 Å². The Bertz CT molecular complexity index is 1250. The highest BCUT2D eigenvalue weighted by Crippen LogP contribution is 2.25. The summed E-state index contributed by atoms with van der Waals surface area (Å²) < 4.78 is 7.31. The van der Waals surface area contributed by atoms with Crippen LogP contribution in [0.25, 0.3) is 16.8 Å². The van der Waals surface area contributed by atoms with E-state index in [1.54, 1.807) is 13.2 Å². The van der Waals surface area contributed by atoms with Gasteiger partial charge in [-0.2, -0.15) is 0 Å². The summed E-state index contributed by atoms with van der Waals surface area (Å²) in [5, 5.41) is 10.7. The van der Waals surface area contributed by atoms with Gasteiger partial charge in [0.2, 0.25) is 5.95 Å². The van der Waals surface area contributed by atoms with Crippen molar-refractivity contribution in [3.63, 3.8) is 0 Å². The predicted molar refractivity (Wildman–Crippen MR) is 125 cm³/mol. The van der Waals surface area contributed by atoms with Crippen molar-refractivity contribution >= 4 is 28.7 Å². The van der Waals surface area contributed by atoms with E-state index in [-0.39, 0.29) is 5.91 Å². The summed E-state index contributed by atoms with van der Waals surface area (Å²) in [4.78, 5) is 18.6. The Hall–Kier alpha value is -3.91. The quantitative estimate of drug-likeness (QED) is 0.507. The third-order valence-corrected chi connectivity index (χ3v) is 5.55. The molecule has 1 amide bonds. The Labute approximate surface area is 185 Å². The first-order valence-electron chi connectivity index (χ1n) is 10.6. The van der Waals surface area contributed by atoms with E-state index in [0.29, 0.717) is 11.5 Å². The van der Waals surface area contributed by atoms with E-state index >= 15 is 0 Å². The Morgan fingerprint density at radius 1 is 1.03 bits per heavy atom. The molecule has 0 saturated carbocycles. The molecule has 4 aromatic rings. The van der Waals surface area contributed by atoms with Gasteiger partial charge in [0.1, 0.15) is 0 Å². The molecule has 3 heterocycles. The monoisotopic (exact) mass is 428 g/mol. The third-order valence-electron chi connectivity index (χ3n) is 5.55. The highest BCUT2D eigenvalue weighted by atomic mass is 16.5. The maximum atomic E-state index is 11.8. The van der Waals surface area contributed by atoms with Crippen molar-refractivity contribution in [3.05, 3.63) is 72.4 Å².